The van der Waals surface area contributed by atoms with Gasteiger partial charge in [0.25, 0.3) is 0 Å². The quantitative estimate of drug-likeness (QED) is 0.105. The Morgan fingerprint density at radius 2 is 1.67 bits per heavy atom. The third-order valence-electron chi connectivity index (χ3n) is 6.53. The zero-order valence-electron chi connectivity index (χ0n) is 23.8. The second-order valence-electron chi connectivity index (χ2n) is 10.8. The minimum absolute atomic E-state index is 0. The van der Waals surface area contributed by atoms with E-state index in [1.54, 1.807) is 12.1 Å². The van der Waals surface area contributed by atoms with Crippen LogP contribution in [0.1, 0.15) is 86.1 Å². The number of hydrogen-bond donors (Lipinski definition) is 0. The Morgan fingerprint density at radius 3 is 2.17 bits per heavy atom. The van der Waals surface area contributed by atoms with Gasteiger partial charge in [0.05, 0.1) is 25.1 Å². The van der Waals surface area contributed by atoms with E-state index in [-0.39, 0.29) is 5.56 Å². The van der Waals surface area contributed by atoms with Crippen molar-refractivity contribution in [3.8, 4) is 5.75 Å². The number of rotatable bonds is 14. The standard InChI is InChI=1S/C26H42F3N2OP.C2H6.Rf/c1-7-33(8-2,20-21(3)19-24(4,5)6)17-12-10-9-11-16-32-23-15-13-14-22(18-23)25(30-31-25)26(27,28)29;1-2;/h13-15,18,21H,1,7-12,16-17,19-20H2,2-6H3;1-2H3;. The molecule has 0 amide bonds. The van der Waals surface area contributed by atoms with Crippen molar-refractivity contribution in [1.29, 1.82) is 0 Å². The molecule has 0 saturated heterocycles. The molecular weight excluding hydrogens is 735 g/mol. The maximum Gasteiger partial charge on any atom is 0.442 e. The zero-order chi connectivity index (χ0) is 26.8. The van der Waals surface area contributed by atoms with Crippen LogP contribution < -0.4 is 4.74 Å². The van der Waals surface area contributed by atoms with Crippen molar-refractivity contribution >= 4 is 7.26 Å². The molecule has 0 radical (unpaired) electrons. The number of unbranched alkanes of at least 4 members (excludes halogenated alkanes) is 3. The monoisotopic (exact) mass is 783 g/mol. The van der Waals surface area contributed by atoms with E-state index in [0.29, 0.717) is 17.8 Å². The van der Waals surface area contributed by atoms with E-state index in [4.69, 9.17) is 4.74 Å². The van der Waals surface area contributed by atoms with Gasteiger partial charge < -0.3 is 11.7 Å². The van der Waals surface area contributed by atoms with Gasteiger partial charge in [-0.05, 0) is 69.8 Å². The molecule has 2 atom stereocenters. The van der Waals surface area contributed by atoms with Crippen molar-refractivity contribution in [3.05, 3.63) is 36.8 Å². The van der Waals surface area contributed by atoms with E-state index in [2.05, 4.69) is 51.8 Å². The van der Waals surface area contributed by atoms with Crippen LogP contribution in [0.4, 0.5) is 13.2 Å². The molecule has 1 aliphatic heterocycles. The van der Waals surface area contributed by atoms with Crippen molar-refractivity contribution in [2.24, 2.45) is 21.6 Å². The van der Waals surface area contributed by atoms with E-state index in [1.165, 1.54) is 43.5 Å². The number of halogens is 3. The van der Waals surface area contributed by atoms with E-state index in [1.807, 2.05) is 13.8 Å². The molecule has 0 aliphatic carbocycles. The van der Waals surface area contributed by atoms with Gasteiger partial charge in [0.2, 0.25) is 0 Å². The SMILES string of the molecule is CC.[CH2-]C[P+](CC)(CCCCCCOc1cccc(C2(C(F)(F)F)N=N2)c1)CC(C)CC(C)(C)C.[Rf]. The predicted molar refractivity (Wildman–Crippen MR) is 145 cm³/mol. The van der Waals surface area contributed by atoms with Gasteiger partial charge in [-0.2, -0.15) is 13.2 Å². The molecule has 204 valence electrons. The Labute approximate surface area is 213 Å². The predicted octanol–water partition coefficient (Wildman–Crippen LogP) is 9.78. The molecule has 0 bridgehead atoms. The second-order valence-corrected chi connectivity index (χ2v) is 15.4. The molecule has 1 heterocycles. The van der Waals surface area contributed by atoms with Crippen molar-refractivity contribution in [1.82, 2.24) is 0 Å². The third kappa shape index (κ3) is 10.1. The maximum atomic E-state index is 13.2. The second kappa shape index (κ2) is 14.5. The van der Waals surface area contributed by atoms with E-state index in [0.717, 1.165) is 31.3 Å². The van der Waals surface area contributed by atoms with Crippen LogP contribution in [-0.2, 0) is 5.66 Å². The Bertz CT molecular complexity index is 771. The molecule has 1 aromatic rings. The molecule has 0 aromatic heterocycles. The minimum Gasteiger partial charge on any atom is -0.494 e. The summed E-state index contributed by atoms with van der Waals surface area (Å²) < 4.78 is 45.3. The first kappa shape index (κ1) is 33.8. The fraction of sp³-hybridized carbons (Fsp3) is 0.750. The van der Waals surface area contributed by atoms with E-state index < -0.39 is 19.1 Å². The molecule has 0 N–H and O–H groups in total. The molecule has 2 rings (SSSR count). The average molecular weight is 784 g/mol. The van der Waals surface area contributed by atoms with Crippen molar-refractivity contribution in [2.75, 3.05) is 31.3 Å². The first-order valence-corrected chi connectivity index (χ1v) is 15.8. The summed E-state index contributed by atoms with van der Waals surface area (Å²) in [5.41, 5.74) is -2.00. The molecule has 1 aliphatic rings. The zero-order valence-corrected chi connectivity index (χ0v) is 31.0. The molecule has 3 nitrogen and oxygen atoms in total. The van der Waals surface area contributed by atoms with E-state index >= 15 is 0 Å². The van der Waals surface area contributed by atoms with Gasteiger partial charge >= 0.3 is 11.8 Å². The third-order valence-corrected chi connectivity index (χ3v) is 11.5. The molecule has 0 fully saturated rings. The van der Waals surface area contributed by atoms with Gasteiger partial charge in [-0.3, -0.25) is 0 Å². The summed E-state index contributed by atoms with van der Waals surface area (Å²) in [6, 6.07) is 6.05. The van der Waals surface area contributed by atoms with Crippen LogP contribution >= 0.6 is 7.26 Å². The van der Waals surface area contributed by atoms with Crippen LogP contribution in [0.5, 0.6) is 5.75 Å². The van der Waals surface area contributed by atoms with Gasteiger partial charge in [0.1, 0.15) is 5.75 Å². The summed E-state index contributed by atoms with van der Waals surface area (Å²) in [5.74, 6) is 1.19. The van der Waals surface area contributed by atoms with Crippen LogP contribution in [0, 0.1) is 18.3 Å². The van der Waals surface area contributed by atoms with E-state index in [9.17, 15) is 13.2 Å². The average Bonchev–Trinajstić information content (AvgIpc) is 3.60. The smallest absolute Gasteiger partial charge is 0.442 e. The topological polar surface area (TPSA) is 34.0 Å². The van der Waals surface area contributed by atoms with Crippen molar-refractivity contribution in [2.45, 2.75) is 92.4 Å². The summed E-state index contributed by atoms with van der Waals surface area (Å²) in [4.78, 5) is 0. The summed E-state index contributed by atoms with van der Waals surface area (Å²) in [6.07, 6.45) is 6.14. The Morgan fingerprint density at radius 1 is 1.06 bits per heavy atom. The minimum atomic E-state index is -4.51. The maximum absolute atomic E-state index is 13.2. The number of benzene rings is 1. The molecule has 0 spiro atoms. The van der Waals surface area contributed by atoms with Gasteiger partial charge in [-0.25, -0.2) is 0 Å². The summed E-state index contributed by atoms with van der Waals surface area (Å²) in [7, 11) is -0.985. The molecular formula is C28H48F3N2OPRf. The molecule has 8 heteroatoms. The van der Waals surface area contributed by atoms with Crippen LogP contribution in [0.15, 0.2) is 34.5 Å². The van der Waals surface area contributed by atoms with Crippen LogP contribution in [-0.4, -0.2) is 37.4 Å². The summed E-state index contributed by atoms with van der Waals surface area (Å²) >= 11 is 0. The summed E-state index contributed by atoms with van der Waals surface area (Å²) in [5, 5.41) is 6.52. The number of hydrogen-bond acceptors (Lipinski definition) is 3. The van der Waals surface area contributed by atoms with Crippen LogP contribution in [0.25, 0.3) is 0 Å². The Kier molecular flexibility index (Phi) is 13.7. The van der Waals surface area contributed by atoms with Gasteiger partial charge in [0, 0.05) is 5.56 Å². The Hall–Kier alpha value is -2.16. The van der Waals surface area contributed by atoms with Crippen LogP contribution in [0.3, 0.4) is 0 Å². The van der Waals surface area contributed by atoms with Gasteiger partial charge in [0.15, 0.2) is 0 Å². The molecule has 1 aromatic carbocycles. The number of ether oxygens (including phenoxy) is 1. The fourth-order valence-electron chi connectivity index (χ4n) is 4.85. The summed E-state index contributed by atoms with van der Waals surface area (Å²) in [6.45, 7) is 20.5. The number of alkyl halides is 3. The van der Waals surface area contributed by atoms with Gasteiger partial charge in [-0.15, -0.1) is 10.2 Å². The Balaban J connectivity index is 0.00000398. The normalized spacial score (nSPS) is 16.8. The van der Waals surface area contributed by atoms with Crippen LogP contribution in [0.2, 0.25) is 0 Å². The largest absolute Gasteiger partial charge is 0.494 e. The molecule has 2 unspecified atom stereocenters. The molecule has 36 heavy (non-hydrogen) atoms. The number of nitrogens with zero attached hydrogens (tertiary/aromatic N) is 2. The molecule has 0 saturated carbocycles. The van der Waals surface area contributed by atoms with Crippen molar-refractivity contribution < 1.29 is 17.9 Å². The van der Waals surface area contributed by atoms with Crippen molar-refractivity contribution in [3.63, 3.8) is 0 Å². The fourth-order valence-corrected chi connectivity index (χ4v) is 8.67. The first-order chi connectivity index (χ1) is 16.4. The first-order valence-electron chi connectivity index (χ1n) is 13.2. The van der Waals surface area contributed by atoms with Gasteiger partial charge in [-0.1, -0.05) is 59.8 Å².